The highest BCUT2D eigenvalue weighted by atomic mass is 16.6. The second kappa shape index (κ2) is 9.31. The SMILES string of the molecule is O=C(N[C@H]1CCO[C@H]1C(=O)N1CCCC(O)(C(=O)O)C1)OCC1c2ccccc2-c2ccccc21. The number of carboxylic acids is 1. The Hall–Kier alpha value is -3.43. The van der Waals surface area contributed by atoms with Crippen LogP contribution in [0.25, 0.3) is 11.1 Å². The number of carbonyl (C=O) groups is 3. The van der Waals surface area contributed by atoms with Crippen LogP contribution in [0.2, 0.25) is 0 Å². The molecular weight excluding hydrogens is 452 g/mol. The molecule has 3 N–H and O–H groups in total. The maximum absolute atomic E-state index is 13.0. The minimum Gasteiger partial charge on any atom is -0.479 e. The molecule has 1 aliphatic carbocycles. The average molecular weight is 481 g/mol. The van der Waals surface area contributed by atoms with Gasteiger partial charge in [0.2, 0.25) is 0 Å². The highest BCUT2D eigenvalue weighted by Gasteiger charge is 2.45. The Morgan fingerprint density at radius 3 is 2.40 bits per heavy atom. The van der Waals surface area contributed by atoms with E-state index < -0.39 is 35.7 Å². The number of rotatable bonds is 5. The van der Waals surface area contributed by atoms with Crippen LogP contribution in [0.5, 0.6) is 0 Å². The summed E-state index contributed by atoms with van der Waals surface area (Å²) in [6.07, 6.45) is -0.713. The zero-order chi connectivity index (χ0) is 24.6. The smallest absolute Gasteiger partial charge is 0.407 e. The van der Waals surface area contributed by atoms with Gasteiger partial charge in [0.05, 0.1) is 12.6 Å². The number of β-amino-alcohol motifs (C(OH)–C–C–N with tert-alkyl or cyclic N) is 1. The quantitative estimate of drug-likeness (QED) is 0.599. The summed E-state index contributed by atoms with van der Waals surface area (Å²) in [6, 6.07) is 15.5. The highest BCUT2D eigenvalue weighted by molar-refractivity contribution is 5.85. The molecule has 3 aliphatic rings. The van der Waals surface area contributed by atoms with Gasteiger partial charge in [-0.2, -0.15) is 0 Å². The summed E-state index contributed by atoms with van der Waals surface area (Å²) >= 11 is 0. The summed E-state index contributed by atoms with van der Waals surface area (Å²) in [5.74, 6) is -1.87. The molecule has 5 rings (SSSR count). The van der Waals surface area contributed by atoms with E-state index in [1.54, 1.807) is 0 Å². The van der Waals surface area contributed by atoms with Crippen LogP contribution in [-0.4, -0.2) is 77.1 Å². The van der Waals surface area contributed by atoms with Crippen molar-refractivity contribution < 1.29 is 34.1 Å². The topological polar surface area (TPSA) is 125 Å². The number of aliphatic hydroxyl groups is 1. The summed E-state index contributed by atoms with van der Waals surface area (Å²) in [5, 5.41) is 22.4. The Kier molecular flexibility index (Phi) is 6.21. The average Bonchev–Trinajstić information content (AvgIpc) is 3.44. The van der Waals surface area contributed by atoms with Gasteiger partial charge in [-0.3, -0.25) is 4.79 Å². The van der Waals surface area contributed by atoms with Gasteiger partial charge < -0.3 is 29.9 Å². The molecule has 0 radical (unpaired) electrons. The summed E-state index contributed by atoms with van der Waals surface area (Å²) in [6.45, 7) is 0.455. The van der Waals surface area contributed by atoms with Gasteiger partial charge in [-0.05, 0) is 41.5 Å². The highest BCUT2D eigenvalue weighted by Crippen LogP contribution is 2.44. The third-order valence-corrected chi connectivity index (χ3v) is 7.16. The third kappa shape index (κ3) is 4.37. The van der Waals surface area contributed by atoms with Crippen LogP contribution in [0, 0.1) is 0 Å². The number of ether oxygens (including phenoxy) is 2. The fourth-order valence-corrected chi connectivity index (χ4v) is 5.35. The molecule has 2 fully saturated rings. The molecule has 2 aromatic rings. The molecule has 3 atom stereocenters. The first-order valence-electron chi connectivity index (χ1n) is 11.8. The van der Waals surface area contributed by atoms with Crippen LogP contribution in [0.3, 0.4) is 0 Å². The molecule has 0 spiro atoms. The molecule has 0 saturated carbocycles. The normalized spacial score (nSPS) is 25.6. The Morgan fingerprint density at radius 2 is 1.74 bits per heavy atom. The number of benzene rings is 2. The summed E-state index contributed by atoms with van der Waals surface area (Å²) in [5.41, 5.74) is 2.51. The van der Waals surface area contributed by atoms with E-state index in [0.717, 1.165) is 22.3 Å². The number of nitrogens with zero attached hydrogens (tertiary/aromatic N) is 1. The molecule has 2 saturated heterocycles. The number of piperidine rings is 1. The first-order chi connectivity index (χ1) is 16.9. The van der Waals surface area contributed by atoms with Crippen LogP contribution in [0.15, 0.2) is 48.5 Å². The fourth-order valence-electron chi connectivity index (χ4n) is 5.35. The van der Waals surface area contributed by atoms with E-state index in [2.05, 4.69) is 17.4 Å². The van der Waals surface area contributed by atoms with Gasteiger partial charge in [-0.15, -0.1) is 0 Å². The number of nitrogens with one attached hydrogen (secondary N) is 1. The van der Waals surface area contributed by atoms with Crippen molar-refractivity contribution >= 4 is 18.0 Å². The Balaban J connectivity index is 1.21. The molecule has 2 aliphatic heterocycles. The zero-order valence-electron chi connectivity index (χ0n) is 19.2. The number of aliphatic carboxylic acids is 1. The van der Waals surface area contributed by atoms with E-state index in [4.69, 9.17) is 9.47 Å². The van der Waals surface area contributed by atoms with Crippen molar-refractivity contribution in [2.45, 2.75) is 42.9 Å². The van der Waals surface area contributed by atoms with Crippen LogP contribution in [-0.2, 0) is 19.1 Å². The first kappa shape index (κ1) is 23.3. The van der Waals surface area contributed by atoms with E-state index in [0.29, 0.717) is 19.4 Å². The van der Waals surface area contributed by atoms with Gasteiger partial charge in [0.1, 0.15) is 6.61 Å². The molecule has 9 nitrogen and oxygen atoms in total. The molecule has 2 aromatic carbocycles. The maximum Gasteiger partial charge on any atom is 0.407 e. The number of alkyl carbamates (subject to hydrolysis) is 1. The van der Waals surface area contributed by atoms with Crippen molar-refractivity contribution in [1.29, 1.82) is 0 Å². The van der Waals surface area contributed by atoms with Crippen LogP contribution in [0.1, 0.15) is 36.3 Å². The van der Waals surface area contributed by atoms with Crippen molar-refractivity contribution in [1.82, 2.24) is 10.2 Å². The van der Waals surface area contributed by atoms with E-state index in [9.17, 15) is 24.6 Å². The summed E-state index contributed by atoms with van der Waals surface area (Å²) in [7, 11) is 0. The van der Waals surface area contributed by atoms with Crippen LogP contribution in [0.4, 0.5) is 4.79 Å². The van der Waals surface area contributed by atoms with Gasteiger partial charge in [0.25, 0.3) is 5.91 Å². The maximum atomic E-state index is 13.0. The standard InChI is InChI=1S/C26H28N2O7/c29-23(28-12-5-11-26(33,15-28)24(30)31)22-21(10-13-34-22)27-25(32)35-14-20-18-8-3-1-6-16(18)17-7-2-4-9-19(17)20/h1-4,6-9,20-22,33H,5,10-15H2,(H,27,32)(H,30,31)/t21-,22+,26?/m0/s1. The number of likely N-dealkylation sites (tertiary alicyclic amines) is 1. The monoisotopic (exact) mass is 480 g/mol. The molecule has 1 unspecified atom stereocenters. The number of fused-ring (bicyclic) bond motifs is 3. The summed E-state index contributed by atoms with van der Waals surface area (Å²) < 4.78 is 11.2. The van der Waals surface area contributed by atoms with E-state index in [1.165, 1.54) is 4.90 Å². The second-order valence-electron chi connectivity index (χ2n) is 9.36. The van der Waals surface area contributed by atoms with Gasteiger partial charge in [-0.1, -0.05) is 48.5 Å². The Bertz CT molecular complexity index is 1110. The molecule has 0 aromatic heterocycles. The number of amides is 2. The largest absolute Gasteiger partial charge is 0.479 e. The zero-order valence-corrected chi connectivity index (χ0v) is 19.2. The van der Waals surface area contributed by atoms with Gasteiger partial charge in [0.15, 0.2) is 11.7 Å². The molecule has 35 heavy (non-hydrogen) atoms. The van der Waals surface area contributed by atoms with E-state index in [-0.39, 0.29) is 32.1 Å². The van der Waals surface area contributed by atoms with Gasteiger partial charge in [-0.25, -0.2) is 9.59 Å². The van der Waals surface area contributed by atoms with Gasteiger partial charge >= 0.3 is 12.1 Å². The van der Waals surface area contributed by atoms with Crippen molar-refractivity contribution in [3.63, 3.8) is 0 Å². The lowest BCUT2D eigenvalue weighted by Gasteiger charge is -2.37. The van der Waals surface area contributed by atoms with Crippen molar-refractivity contribution in [3.8, 4) is 11.1 Å². The molecule has 0 bridgehead atoms. The lowest BCUT2D eigenvalue weighted by molar-refractivity contribution is -0.168. The lowest BCUT2D eigenvalue weighted by Crippen LogP contribution is -2.58. The number of carboxylic acid groups (broad SMARTS) is 1. The molecule has 184 valence electrons. The Morgan fingerprint density at radius 1 is 1.09 bits per heavy atom. The minimum absolute atomic E-state index is 0.0764. The molecule has 9 heteroatoms. The molecular formula is C26H28N2O7. The Labute approximate surface area is 202 Å². The van der Waals surface area contributed by atoms with Crippen LogP contribution >= 0.6 is 0 Å². The number of hydrogen-bond acceptors (Lipinski definition) is 6. The van der Waals surface area contributed by atoms with E-state index >= 15 is 0 Å². The first-order valence-corrected chi connectivity index (χ1v) is 11.8. The lowest BCUT2D eigenvalue weighted by atomic mass is 9.92. The van der Waals surface area contributed by atoms with Crippen molar-refractivity contribution in [2.24, 2.45) is 0 Å². The predicted octanol–water partition coefficient (Wildman–Crippen LogP) is 2.12. The summed E-state index contributed by atoms with van der Waals surface area (Å²) in [4.78, 5) is 38.5. The minimum atomic E-state index is -1.97. The third-order valence-electron chi connectivity index (χ3n) is 7.16. The number of carbonyl (C=O) groups excluding carboxylic acids is 2. The predicted molar refractivity (Wildman–Crippen MR) is 125 cm³/mol. The number of hydrogen-bond donors (Lipinski definition) is 3. The molecule has 2 heterocycles. The van der Waals surface area contributed by atoms with Crippen molar-refractivity contribution in [3.05, 3.63) is 59.7 Å². The van der Waals surface area contributed by atoms with Crippen LogP contribution < -0.4 is 5.32 Å². The fraction of sp³-hybridized carbons (Fsp3) is 0.423. The van der Waals surface area contributed by atoms with Gasteiger partial charge in [0, 0.05) is 19.1 Å². The van der Waals surface area contributed by atoms with Crippen molar-refractivity contribution in [2.75, 3.05) is 26.3 Å². The van der Waals surface area contributed by atoms with E-state index in [1.807, 2.05) is 36.4 Å². The molecule has 2 amide bonds. The second-order valence-corrected chi connectivity index (χ2v) is 9.36.